The van der Waals surface area contributed by atoms with Gasteiger partial charge >= 0.3 is 5.97 Å². The van der Waals surface area contributed by atoms with Crippen LogP contribution in [0.2, 0.25) is 0 Å². The number of hydrogen-bond donors (Lipinski definition) is 2. The summed E-state index contributed by atoms with van der Waals surface area (Å²) in [6, 6.07) is 8.06. The highest BCUT2D eigenvalue weighted by atomic mass is 32.2. The van der Waals surface area contributed by atoms with Crippen molar-refractivity contribution in [3.63, 3.8) is 0 Å². The topological polar surface area (TPSA) is 66.0 Å². The maximum absolute atomic E-state index is 10.7. The van der Waals surface area contributed by atoms with Gasteiger partial charge in [0.15, 0.2) is 0 Å². The number of fused-ring (bicyclic) bond motifs is 1. The predicted molar refractivity (Wildman–Crippen MR) is 96.5 cm³/mol. The number of benzene rings is 1. The maximum atomic E-state index is 10.7. The number of aromatic amines is 1. The summed E-state index contributed by atoms with van der Waals surface area (Å²) in [6.45, 7) is 6.48. The first-order chi connectivity index (χ1) is 10.8. The van der Waals surface area contributed by atoms with Gasteiger partial charge in [-0.05, 0) is 24.3 Å². The van der Waals surface area contributed by atoms with Gasteiger partial charge < -0.3 is 10.1 Å². The molecule has 0 aliphatic heterocycles. The second kappa shape index (κ2) is 6.02. The number of hydrogen-bond acceptors (Lipinski definition) is 4. The minimum Gasteiger partial charge on any atom is -0.481 e. The van der Waals surface area contributed by atoms with E-state index in [4.69, 9.17) is 5.11 Å². The summed E-state index contributed by atoms with van der Waals surface area (Å²) in [6.07, 6.45) is 1.91. The van der Waals surface area contributed by atoms with Gasteiger partial charge in [-0.25, -0.2) is 4.98 Å². The van der Waals surface area contributed by atoms with E-state index in [0.29, 0.717) is 0 Å². The number of carboxylic acids is 1. The lowest BCUT2D eigenvalue weighted by atomic mass is 9.98. The van der Waals surface area contributed by atoms with Gasteiger partial charge in [0.1, 0.15) is 0 Å². The highest BCUT2D eigenvalue weighted by molar-refractivity contribution is 8.00. The fraction of sp³-hybridized carbons (Fsp3) is 0.294. The average Bonchev–Trinajstić information content (AvgIpc) is 3.10. The smallest absolute Gasteiger partial charge is 0.313 e. The van der Waals surface area contributed by atoms with Crippen molar-refractivity contribution in [2.24, 2.45) is 0 Å². The third-order valence-electron chi connectivity index (χ3n) is 3.37. The van der Waals surface area contributed by atoms with Crippen LogP contribution in [-0.4, -0.2) is 26.8 Å². The molecule has 3 aromatic rings. The standard InChI is InChI=1S/C17H18N2O2S2/c1-17(2,3)16-18-8-14(23-16)13-7-10-6-11(22-9-15(20)21)4-5-12(10)19-13/h4-8,19H,9H2,1-3H3,(H,20,21). The molecule has 6 heteroatoms. The molecule has 2 N–H and O–H groups in total. The Balaban J connectivity index is 1.90. The van der Waals surface area contributed by atoms with Gasteiger partial charge in [0.05, 0.1) is 21.3 Å². The third-order valence-corrected chi connectivity index (χ3v) is 5.80. The molecule has 0 atom stereocenters. The number of thiazole rings is 1. The van der Waals surface area contributed by atoms with Crippen LogP contribution in [0.3, 0.4) is 0 Å². The molecule has 0 spiro atoms. The van der Waals surface area contributed by atoms with Crippen LogP contribution in [0.5, 0.6) is 0 Å². The average molecular weight is 346 g/mol. The monoisotopic (exact) mass is 346 g/mol. The van der Waals surface area contributed by atoms with Crippen molar-refractivity contribution in [2.75, 3.05) is 5.75 Å². The molecule has 2 heterocycles. The zero-order valence-electron chi connectivity index (χ0n) is 13.2. The number of aromatic nitrogens is 2. The van der Waals surface area contributed by atoms with Crippen molar-refractivity contribution in [2.45, 2.75) is 31.1 Å². The van der Waals surface area contributed by atoms with Crippen molar-refractivity contribution in [3.8, 4) is 10.6 Å². The zero-order valence-corrected chi connectivity index (χ0v) is 14.8. The fourth-order valence-electron chi connectivity index (χ4n) is 2.22. The maximum Gasteiger partial charge on any atom is 0.313 e. The van der Waals surface area contributed by atoms with Gasteiger partial charge in [0.25, 0.3) is 0 Å². The van der Waals surface area contributed by atoms with Crippen molar-refractivity contribution in [3.05, 3.63) is 35.5 Å². The van der Waals surface area contributed by atoms with Crippen LogP contribution in [0, 0.1) is 0 Å². The lowest BCUT2D eigenvalue weighted by Crippen LogP contribution is -2.09. The van der Waals surface area contributed by atoms with Gasteiger partial charge in [0.2, 0.25) is 0 Å². The van der Waals surface area contributed by atoms with Gasteiger partial charge in [-0.2, -0.15) is 0 Å². The van der Waals surface area contributed by atoms with Crippen molar-refractivity contribution in [1.82, 2.24) is 9.97 Å². The number of carboxylic acid groups (broad SMARTS) is 1. The van der Waals surface area contributed by atoms with E-state index in [1.165, 1.54) is 11.8 Å². The van der Waals surface area contributed by atoms with Crippen LogP contribution in [0.1, 0.15) is 25.8 Å². The summed E-state index contributed by atoms with van der Waals surface area (Å²) >= 11 is 3.03. The fourth-order valence-corrected chi connectivity index (χ4v) is 3.83. The van der Waals surface area contributed by atoms with Crippen LogP contribution < -0.4 is 0 Å². The first kappa shape index (κ1) is 16.1. The molecule has 0 saturated heterocycles. The normalized spacial score (nSPS) is 12.0. The predicted octanol–water partition coefficient (Wildman–Crippen LogP) is 4.77. The lowest BCUT2D eigenvalue weighted by molar-refractivity contribution is -0.133. The summed E-state index contributed by atoms with van der Waals surface area (Å²) in [5, 5.41) is 11.0. The molecule has 2 aromatic heterocycles. The van der Waals surface area contributed by atoms with E-state index >= 15 is 0 Å². The molecule has 0 unspecified atom stereocenters. The number of nitrogens with one attached hydrogen (secondary N) is 1. The molecule has 0 aliphatic carbocycles. The molecule has 0 radical (unpaired) electrons. The van der Waals surface area contributed by atoms with Crippen molar-refractivity contribution in [1.29, 1.82) is 0 Å². The van der Waals surface area contributed by atoms with Gasteiger partial charge in [0, 0.05) is 27.4 Å². The van der Waals surface area contributed by atoms with Gasteiger partial charge in [-0.15, -0.1) is 23.1 Å². The van der Waals surface area contributed by atoms with Crippen molar-refractivity contribution < 1.29 is 9.90 Å². The molecule has 1 aromatic carbocycles. The number of H-pyrrole nitrogens is 1. The van der Waals surface area contributed by atoms with Crippen LogP contribution in [-0.2, 0) is 10.2 Å². The molecule has 0 saturated carbocycles. The lowest BCUT2D eigenvalue weighted by Gasteiger charge is -2.13. The Morgan fingerprint density at radius 2 is 2.13 bits per heavy atom. The Morgan fingerprint density at radius 1 is 1.35 bits per heavy atom. The Labute approximate surface area is 143 Å². The first-order valence-electron chi connectivity index (χ1n) is 7.27. The molecule has 0 aliphatic rings. The second-order valence-corrected chi connectivity index (χ2v) is 8.47. The van der Waals surface area contributed by atoms with Crippen LogP contribution in [0.4, 0.5) is 0 Å². The molecule has 0 amide bonds. The van der Waals surface area contributed by atoms with E-state index in [0.717, 1.165) is 31.4 Å². The number of carbonyl (C=O) groups is 1. The Hall–Kier alpha value is -1.79. The van der Waals surface area contributed by atoms with Crippen molar-refractivity contribution >= 4 is 40.0 Å². The molecule has 4 nitrogen and oxygen atoms in total. The Bertz CT molecular complexity index is 859. The molecule has 0 bridgehead atoms. The highest BCUT2D eigenvalue weighted by Gasteiger charge is 2.19. The van der Waals surface area contributed by atoms with Crippen LogP contribution in [0.15, 0.2) is 35.4 Å². The first-order valence-corrected chi connectivity index (χ1v) is 9.07. The Kier molecular flexibility index (Phi) is 4.21. The summed E-state index contributed by atoms with van der Waals surface area (Å²) in [5.41, 5.74) is 2.15. The molecule has 0 fully saturated rings. The highest BCUT2D eigenvalue weighted by Crippen LogP contribution is 2.34. The summed E-state index contributed by atoms with van der Waals surface area (Å²) in [4.78, 5) is 20.7. The molecule has 120 valence electrons. The van der Waals surface area contributed by atoms with E-state index in [-0.39, 0.29) is 11.2 Å². The van der Waals surface area contributed by atoms with E-state index in [1.54, 1.807) is 11.3 Å². The van der Waals surface area contributed by atoms with E-state index in [2.05, 4.69) is 36.8 Å². The Morgan fingerprint density at radius 3 is 2.78 bits per heavy atom. The van der Waals surface area contributed by atoms with E-state index in [9.17, 15) is 4.79 Å². The van der Waals surface area contributed by atoms with Crippen LogP contribution in [0.25, 0.3) is 21.5 Å². The molecule has 3 rings (SSSR count). The summed E-state index contributed by atoms with van der Waals surface area (Å²) in [7, 11) is 0. The van der Waals surface area contributed by atoms with Gasteiger partial charge in [-0.1, -0.05) is 20.8 Å². The minimum absolute atomic E-state index is 0.0512. The molecular weight excluding hydrogens is 328 g/mol. The quantitative estimate of drug-likeness (QED) is 0.668. The van der Waals surface area contributed by atoms with Crippen LogP contribution >= 0.6 is 23.1 Å². The second-order valence-electron chi connectivity index (χ2n) is 6.39. The molecule has 23 heavy (non-hydrogen) atoms. The summed E-state index contributed by atoms with van der Waals surface area (Å²) < 4.78 is 0. The minimum atomic E-state index is -0.802. The van der Waals surface area contributed by atoms with E-state index in [1.807, 2.05) is 24.4 Å². The third kappa shape index (κ3) is 3.59. The number of rotatable bonds is 4. The molecular formula is C17H18N2O2S2. The SMILES string of the molecule is CC(C)(C)c1ncc(-c2cc3cc(SCC(=O)O)ccc3[nH]2)s1. The van der Waals surface area contributed by atoms with E-state index < -0.39 is 5.97 Å². The summed E-state index contributed by atoms with van der Waals surface area (Å²) in [5.74, 6) is -0.726. The number of nitrogens with zero attached hydrogens (tertiary/aromatic N) is 1. The zero-order chi connectivity index (χ0) is 16.6. The number of aliphatic carboxylic acids is 1. The van der Waals surface area contributed by atoms with Gasteiger partial charge in [-0.3, -0.25) is 4.79 Å². The number of thioether (sulfide) groups is 1. The largest absolute Gasteiger partial charge is 0.481 e.